The Morgan fingerprint density at radius 2 is 1.83 bits per heavy atom. The standard InChI is InChI=1S/C21H13BrClN3O2S/c22-16-4-2-1-3-15(16)19(27)26-21(29)24-14-8-5-12(6-9-14)20-25-17-11-13(23)7-10-18(17)28-20/h1-11H,(H2,24,26,27,29). The number of oxazole rings is 1. The van der Waals surface area contributed by atoms with E-state index < -0.39 is 0 Å². The summed E-state index contributed by atoms with van der Waals surface area (Å²) in [4.78, 5) is 16.8. The van der Waals surface area contributed by atoms with Gasteiger partial charge in [0.2, 0.25) is 5.89 Å². The van der Waals surface area contributed by atoms with Crippen LogP contribution >= 0.6 is 39.7 Å². The molecule has 2 N–H and O–H groups in total. The molecule has 0 fully saturated rings. The van der Waals surface area contributed by atoms with Crippen molar-refractivity contribution in [2.75, 3.05) is 5.32 Å². The van der Waals surface area contributed by atoms with Crippen molar-refractivity contribution < 1.29 is 9.21 Å². The molecule has 0 radical (unpaired) electrons. The maximum Gasteiger partial charge on any atom is 0.258 e. The minimum absolute atomic E-state index is 0.204. The predicted molar refractivity (Wildman–Crippen MR) is 122 cm³/mol. The number of amides is 1. The second kappa shape index (κ2) is 8.32. The van der Waals surface area contributed by atoms with Crippen LogP contribution in [0.1, 0.15) is 10.4 Å². The third-order valence-corrected chi connectivity index (χ3v) is 5.22. The van der Waals surface area contributed by atoms with Crippen LogP contribution in [0.15, 0.2) is 75.6 Å². The van der Waals surface area contributed by atoms with Crippen LogP contribution in [0, 0.1) is 0 Å². The van der Waals surface area contributed by atoms with Crippen molar-refractivity contribution in [2.45, 2.75) is 0 Å². The average molecular weight is 487 g/mol. The monoisotopic (exact) mass is 485 g/mol. The van der Waals surface area contributed by atoms with Crippen molar-refractivity contribution in [3.8, 4) is 11.5 Å². The van der Waals surface area contributed by atoms with E-state index in [4.69, 9.17) is 28.2 Å². The first-order valence-corrected chi connectivity index (χ1v) is 10.1. The highest BCUT2D eigenvalue weighted by atomic mass is 79.9. The molecule has 0 aliphatic carbocycles. The van der Waals surface area contributed by atoms with E-state index in [1.807, 2.05) is 30.3 Å². The van der Waals surface area contributed by atoms with Crippen LogP contribution in [0.5, 0.6) is 0 Å². The first-order valence-electron chi connectivity index (χ1n) is 8.53. The smallest absolute Gasteiger partial charge is 0.258 e. The quantitative estimate of drug-likeness (QED) is 0.346. The summed E-state index contributed by atoms with van der Waals surface area (Å²) >= 11 is 14.6. The number of rotatable bonds is 3. The van der Waals surface area contributed by atoms with E-state index in [-0.39, 0.29) is 11.0 Å². The molecule has 29 heavy (non-hydrogen) atoms. The first kappa shape index (κ1) is 19.6. The van der Waals surface area contributed by atoms with Crippen LogP contribution in [-0.4, -0.2) is 16.0 Å². The Kier molecular flexibility index (Phi) is 5.62. The van der Waals surface area contributed by atoms with Crippen molar-refractivity contribution >= 4 is 67.6 Å². The molecule has 0 unspecified atom stereocenters. The molecule has 0 saturated carbocycles. The van der Waals surface area contributed by atoms with E-state index in [9.17, 15) is 4.79 Å². The second-order valence-corrected chi connectivity index (χ2v) is 7.80. The lowest BCUT2D eigenvalue weighted by molar-refractivity contribution is 0.0977. The second-order valence-electron chi connectivity index (χ2n) is 6.10. The van der Waals surface area contributed by atoms with E-state index in [2.05, 4.69) is 31.5 Å². The Morgan fingerprint density at radius 1 is 1.07 bits per heavy atom. The number of anilines is 1. The molecule has 1 heterocycles. The summed E-state index contributed by atoms with van der Waals surface area (Å²) in [5, 5.41) is 6.46. The summed E-state index contributed by atoms with van der Waals surface area (Å²) in [6, 6.07) is 19.8. The number of carbonyl (C=O) groups excluding carboxylic acids is 1. The van der Waals surface area contributed by atoms with Gasteiger partial charge in [0, 0.05) is 20.7 Å². The topological polar surface area (TPSA) is 67.2 Å². The van der Waals surface area contributed by atoms with E-state index >= 15 is 0 Å². The molecule has 5 nitrogen and oxygen atoms in total. The number of nitrogens with zero attached hydrogens (tertiary/aromatic N) is 1. The molecular weight excluding hydrogens is 474 g/mol. The number of halogens is 2. The molecule has 144 valence electrons. The lowest BCUT2D eigenvalue weighted by Crippen LogP contribution is -2.34. The molecule has 4 aromatic rings. The van der Waals surface area contributed by atoms with Gasteiger partial charge in [-0.15, -0.1) is 0 Å². The van der Waals surface area contributed by atoms with Crippen molar-refractivity contribution in [1.82, 2.24) is 10.3 Å². The van der Waals surface area contributed by atoms with Crippen LogP contribution in [0.3, 0.4) is 0 Å². The van der Waals surface area contributed by atoms with Crippen LogP contribution < -0.4 is 10.6 Å². The number of benzene rings is 3. The Bertz CT molecular complexity index is 1220. The number of carbonyl (C=O) groups is 1. The lowest BCUT2D eigenvalue weighted by atomic mass is 10.2. The van der Waals surface area contributed by atoms with Gasteiger partial charge in [-0.1, -0.05) is 23.7 Å². The van der Waals surface area contributed by atoms with Gasteiger partial charge >= 0.3 is 0 Å². The Morgan fingerprint density at radius 3 is 2.59 bits per heavy atom. The normalized spacial score (nSPS) is 10.7. The highest BCUT2D eigenvalue weighted by Crippen LogP contribution is 2.27. The van der Waals surface area contributed by atoms with E-state index in [0.717, 1.165) is 11.3 Å². The van der Waals surface area contributed by atoms with Crippen molar-refractivity contribution in [1.29, 1.82) is 0 Å². The van der Waals surface area contributed by atoms with Crippen LogP contribution in [-0.2, 0) is 0 Å². The summed E-state index contributed by atoms with van der Waals surface area (Å²) in [6.07, 6.45) is 0. The largest absolute Gasteiger partial charge is 0.436 e. The van der Waals surface area contributed by atoms with Crippen molar-refractivity contribution in [2.24, 2.45) is 0 Å². The van der Waals surface area contributed by atoms with Crippen LogP contribution in [0.2, 0.25) is 5.02 Å². The summed E-state index contributed by atoms with van der Waals surface area (Å²) < 4.78 is 6.46. The Balaban J connectivity index is 1.44. The number of aromatic nitrogens is 1. The molecule has 0 bridgehead atoms. The predicted octanol–water partition coefficient (Wildman–Crippen LogP) is 6.04. The minimum atomic E-state index is -0.295. The number of nitrogens with one attached hydrogen (secondary N) is 2. The van der Waals surface area contributed by atoms with Gasteiger partial charge in [-0.05, 0) is 82.7 Å². The fraction of sp³-hybridized carbons (Fsp3) is 0. The van der Waals surface area contributed by atoms with E-state index in [0.29, 0.717) is 32.0 Å². The summed E-state index contributed by atoms with van der Waals surface area (Å²) in [5.74, 6) is 0.204. The van der Waals surface area contributed by atoms with Crippen LogP contribution in [0.25, 0.3) is 22.6 Å². The molecule has 8 heteroatoms. The van der Waals surface area contributed by atoms with Gasteiger partial charge in [-0.3, -0.25) is 10.1 Å². The molecule has 0 spiro atoms. The molecule has 1 aromatic heterocycles. The summed E-state index contributed by atoms with van der Waals surface area (Å²) in [7, 11) is 0. The van der Waals surface area contributed by atoms with E-state index in [1.165, 1.54) is 0 Å². The number of hydrogen-bond acceptors (Lipinski definition) is 4. The first-order chi connectivity index (χ1) is 14.0. The van der Waals surface area contributed by atoms with Gasteiger partial charge in [0.15, 0.2) is 10.7 Å². The maximum atomic E-state index is 12.3. The van der Waals surface area contributed by atoms with Gasteiger partial charge in [0.05, 0.1) is 5.56 Å². The highest BCUT2D eigenvalue weighted by molar-refractivity contribution is 9.10. The molecule has 0 atom stereocenters. The third kappa shape index (κ3) is 4.48. The molecule has 4 rings (SSSR count). The van der Waals surface area contributed by atoms with Gasteiger partial charge in [0.25, 0.3) is 5.91 Å². The van der Waals surface area contributed by atoms with E-state index in [1.54, 1.807) is 36.4 Å². The zero-order chi connectivity index (χ0) is 20.4. The Labute approximate surface area is 185 Å². The SMILES string of the molecule is O=C(NC(=S)Nc1ccc(-c2nc3cc(Cl)ccc3o2)cc1)c1ccccc1Br. The van der Waals surface area contributed by atoms with Crippen molar-refractivity contribution in [3.63, 3.8) is 0 Å². The molecule has 3 aromatic carbocycles. The molecule has 0 aliphatic heterocycles. The number of hydrogen-bond donors (Lipinski definition) is 2. The highest BCUT2D eigenvalue weighted by Gasteiger charge is 2.12. The lowest BCUT2D eigenvalue weighted by Gasteiger charge is -2.10. The minimum Gasteiger partial charge on any atom is -0.436 e. The average Bonchev–Trinajstić information content (AvgIpc) is 3.12. The van der Waals surface area contributed by atoms with Crippen LogP contribution in [0.4, 0.5) is 5.69 Å². The zero-order valence-electron chi connectivity index (χ0n) is 14.8. The zero-order valence-corrected chi connectivity index (χ0v) is 17.9. The van der Waals surface area contributed by atoms with Gasteiger partial charge in [-0.25, -0.2) is 4.98 Å². The summed E-state index contributed by atoms with van der Waals surface area (Å²) in [6.45, 7) is 0. The Hall–Kier alpha value is -2.74. The fourth-order valence-corrected chi connectivity index (χ4v) is 3.54. The molecule has 0 aliphatic rings. The third-order valence-electron chi connectivity index (χ3n) is 4.08. The van der Waals surface area contributed by atoms with Gasteiger partial charge in [0.1, 0.15) is 5.52 Å². The summed E-state index contributed by atoms with van der Waals surface area (Å²) in [5.41, 5.74) is 3.41. The molecule has 1 amide bonds. The fourth-order valence-electron chi connectivity index (χ4n) is 2.70. The van der Waals surface area contributed by atoms with Gasteiger partial charge in [-0.2, -0.15) is 0 Å². The number of thiocarbonyl (C=S) groups is 1. The van der Waals surface area contributed by atoms with Gasteiger partial charge < -0.3 is 9.73 Å². The molecular formula is C21H13BrClN3O2S. The van der Waals surface area contributed by atoms with Crippen molar-refractivity contribution in [3.05, 3.63) is 81.8 Å². The number of fused-ring (bicyclic) bond motifs is 1. The molecule has 0 saturated heterocycles. The maximum absolute atomic E-state index is 12.3.